The first-order chi connectivity index (χ1) is 11.2. The molecule has 1 N–H and O–H groups in total. The van der Waals surface area contributed by atoms with Crippen molar-refractivity contribution in [2.45, 2.75) is 0 Å². The number of carbonyl (C=O) groups excluding carboxylic acids is 1. The highest BCUT2D eigenvalue weighted by Crippen LogP contribution is 2.30. The maximum Gasteiger partial charge on any atom is 0.245 e. The molecule has 2 rings (SSSR count). The van der Waals surface area contributed by atoms with Crippen LogP contribution in [0.3, 0.4) is 0 Å². The van der Waals surface area contributed by atoms with Crippen LogP contribution in [0, 0.1) is 0 Å². The molecule has 0 radical (unpaired) electrons. The summed E-state index contributed by atoms with van der Waals surface area (Å²) in [6.45, 7) is -0.453. The van der Waals surface area contributed by atoms with Crippen molar-refractivity contribution in [2.24, 2.45) is 0 Å². The summed E-state index contributed by atoms with van der Waals surface area (Å²) in [6.07, 6.45) is 0.996. The van der Waals surface area contributed by atoms with Crippen LogP contribution in [0.5, 0.6) is 0 Å². The van der Waals surface area contributed by atoms with E-state index in [9.17, 15) is 13.2 Å². The van der Waals surface area contributed by atoms with E-state index >= 15 is 0 Å². The highest BCUT2D eigenvalue weighted by Gasteiger charge is 2.23. The van der Waals surface area contributed by atoms with Gasteiger partial charge in [0.05, 0.1) is 32.7 Å². The minimum Gasteiger partial charge on any atom is -0.323 e. The Morgan fingerprint density at radius 2 is 1.67 bits per heavy atom. The summed E-state index contributed by atoms with van der Waals surface area (Å²) in [5, 5.41) is 3.21. The Bertz CT molecular complexity index is 872. The third kappa shape index (κ3) is 4.54. The van der Waals surface area contributed by atoms with Crippen molar-refractivity contribution in [3.8, 4) is 0 Å². The number of para-hydroxylation sites is 1. The number of hydrogen-bond donors (Lipinski definition) is 1. The molecule has 0 aliphatic rings. The summed E-state index contributed by atoms with van der Waals surface area (Å²) in [5.41, 5.74) is 0.510. The smallest absolute Gasteiger partial charge is 0.245 e. The van der Waals surface area contributed by atoms with Gasteiger partial charge in [0.2, 0.25) is 15.9 Å². The summed E-state index contributed by atoms with van der Waals surface area (Å²) < 4.78 is 25.0. The first-order valence-electron chi connectivity index (χ1n) is 6.66. The average Bonchev–Trinajstić information content (AvgIpc) is 2.49. The normalized spacial score (nSPS) is 11.2. The zero-order chi connectivity index (χ0) is 17.9. The molecule has 2 aromatic rings. The van der Waals surface area contributed by atoms with Crippen LogP contribution < -0.4 is 9.62 Å². The molecule has 0 aromatic heterocycles. The lowest BCUT2D eigenvalue weighted by Crippen LogP contribution is -2.37. The molecule has 24 heavy (non-hydrogen) atoms. The minimum absolute atomic E-state index is 0.177. The first-order valence-corrected chi connectivity index (χ1v) is 9.64. The molecule has 0 saturated heterocycles. The Morgan fingerprint density at radius 1 is 1.04 bits per heavy atom. The zero-order valence-electron chi connectivity index (χ0n) is 12.5. The number of anilines is 2. The second-order valence-corrected chi connectivity index (χ2v) is 7.97. The molecule has 1 amide bonds. The molecule has 0 heterocycles. The number of halogens is 3. The molecule has 9 heteroatoms. The number of amides is 1. The van der Waals surface area contributed by atoms with Crippen LogP contribution in [0.2, 0.25) is 15.1 Å². The van der Waals surface area contributed by atoms with E-state index in [-0.39, 0.29) is 20.8 Å². The molecule has 0 saturated carbocycles. The molecule has 0 fully saturated rings. The summed E-state index contributed by atoms with van der Waals surface area (Å²) in [4.78, 5) is 12.3. The van der Waals surface area contributed by atoms with Gasteiger partial charge in [0.1, 0.15) is 6.54 Å². The van der Waals surface area contributed by atoms with Gasteiger partial charge >= 0.3 is 0 Å². The molecule has 2 aromatic carbocycles. The Balaban J connectivity index is 2.26. The first kappa shape index (κ1) is 18.9. The predicted octanol–water partition coefficient (Wildman–Crippen LogP) is 4.05. The lowest BCUT2D eigenvalue weighted by Gasteiger charge is -2.23. The van der Waals surface area contributed by atoms with Crippen molar-refractivity contribution < 1.29 is 13.2 Å². The zero-order valence-corrected chi connectivity index (χ0v) is 15.5. The monoisotopic (exact) mass is 406 g/mol. The fraction of sp³-hybridized carbons (Fsp3) is 0.133. The Kier molecular flexibility index (Phi) is 5.98. The van der Waals surface area contributed by atoms with Crippen LogP contribution in [0.1, 0.15) is 0 Å². The summed E-state index contributed by atoms with van der Waals surface area (Å²) in [7, 11) is -3.72. The molecular formula is C15H13Cl3N2O3S. The van der Waals surface area contributed by atoms with E-state index in [2.05, 4.69) is 5.32 Å². The van der Waals surface area contributed by atoms with Crippen LogP contribution in [0.15, 0.2) is 42.5 Å². The van der Waals surface area contributed by atoms with Crippen LogP contribution in [0.4, 0.5) is 11.4 Å². The summed E-state index contributed by atoms with van der Waals surface area (Å²) in [6, 6.07) is 11.1. The molecule has 0 bridgehead atoms. The standard InChI is InChI=1S/C15H13Cl3N2O3S/c1-24(22,23)20(13-8-3-2-5-10(13)16)9-14(21)19-12-7-4-6-11(17)15(12)18/h2-8H,9H2,1H3,(H,19,21). The van der Waals surface area contributed by atoms with Gasteiger partial charge in [-0.05, 0) is 24.3 Å². The van der Waals surface area contributed by atoms with Crippen molar-refractivity contribution in [3.05, 3.63) is 57.5 Å². The lowest BCUT2D eigenvalue weighted by molar-refractivity contribution is -0.114. The number of nitrogens with zero attached hydrogens (tertiary/aromatic N) is 1. The van der Waals surface area contributed by atoms with Gasteiger partial charge in [-0.1, -0.05) is 53.0 Å². The fourth-order valence-electron chi connectivity index (χ4n) is 1.96. The van der Waals surface area contributed by atoms with Crippen molar-refractivity contribution in [1.82, 2.24) is 0 Å². The number of carbonyl (C=O) groups is 1. The predicted molar refractivity (Wildman–Crippen MR) is 98.7 cm³/mol. The Morgan fingerprint density at radius 3 is 2.29 bits per heavy atom. The number of nitrogens with one attached hydrogen (secondary N) is 1. The topological polar surface area (TPSA) is 66.5 Å². The number of hydrogen-bond acceptors (Lipinski definition) is 3. The third-order valence-corrected chi connectivity index (χ3v) is 5.30. The van der Waals surface area contributed by atoms with Gasteiger partial charge in [-0.2, -0.15) is 0 Å². The van der Waals surface area contributed by atoms with E-state index in [0.29, 0.717) is 5.69 Å². The van der Waals surface area contributed by atoms with E-state index in [1.807, 2.05) is 0 Å². The van der Waals surface area contributed by atoms with Crippen LogP contribution in [0.25, 0.3) is 0 Å². The SMILES string of the molecule is CS(=O)(=O)N(CC(=O)Nc1cccc(Cl)c1Cl)c1ccccc1Cl. The second-order valence-electron chi connectivity index (χ2n) is 4.87. The van der Waals surface area contributed by atoms with Gasteiger partial charge in [-0.25, -0.2) is 8.42 Å². The summed E-state index contributed by atoms with van der Waals surface area (Å²) in [5.74, 6) is -0.579. The van der Waals surface area contributed by atoms with Crippen molar-refractivity contribution >= 4 is 62.1 Å². The second kappa shape index (κ2) is 7.61. The van der Waals surface area contributed by atoms with Crippen molar-refractivity contribution in [2.75, 3.05) is 22.4 Å². The van der Waals surface area contributed by atoms with Crippen molar-refractivity contribution in [3.63, 3.8) is 0 Å². The molecule has 0 aliphatic heterocycles. The van der Waals surface area contributed by atoms with Gasteiger partial charge < -0.3 is 5.32 Å². The Labute approximate surface area is 155 Å². The van der Waals surface area contributed by atoms with Gasteiger partial charge in [0.25, 0.3) is 0 Å². The maximum absolute atomic E-state index is 12.3. The molecule has 5 nitrogen and oxygen atoms in total. The molecule has 0 unspecified atom stereocenters. The summed E-state index contributed by atoms with van der Waals surface area (Å²) >= 11 is 17.9. The number of sulfonamides is 1. The molecule has 0 aliphatic carbocycles. The highest BCUT2D eigenvalue weighted by atomic mass is 35.5. The number of rotatable bonds is 5. The third-order valence-electron chi connectivity index (χ3n) is 3.03. The van der Waals surface area contributed by atoms with E-state index < -0.39 is 22.5 Å². The van der Waals surface area contributed by atoms with Crippen LogP contribution in [-0.4, -0.2) is 27.1 Å². The molecular weight excluding hydrogens is 395 g/mol. The highest BCUT2D eigenvalue weighted by molar-refractivity contribution is 7.92. The molecule has 0 atom stereocenters. The maximum atomic E-state index is 12.3. The van der Waals surface area contributed by atoms with E-state index in [1.54, 1.807) is 36.4 Å². The van der Waals surface area contributed by atoms with Gasteiger partial charge in [-0.3, -0.25) is 9.10 Å². The quantitative estimate of drug-likeness (QED) is 0.813. The van der Waals surface area contributed by atoms with Crippen LogP contribution in [-0.2, 0) is 14.8 Å². The lowest BCUT2D eigenvalue weighted by atomic mass is 10.3. The molecule has 0 spiro atoms. The minimum atomic E-state index is -3.72. The fourth-order valence-corrected chi connectivity index (χ4v) is 3.46. The van der Waals surface area contributed by atoms with Gasteiger partial charge in [-0.15, -0.1) is 0 Å². The van der Waals surface area contributed by atoms with E-state index in [4.69, 9.17) is 34.8 Å². The van der Waals surface area contributed by atoms with E-state index in [1.165, 1.54) is 6.07 Å². The number of benzene rings is 2. The largest absolute Gasteiger partial charge is 0.323 e. The average molecular weight is 408 g/mol. The van der Waals surface area contributed by atoms with Crippen LogP contribution >= 0.6 is 34.8 Å². The van der Waals surface area contributed by atoms with E-state index in [0.717, 1.165) is 10.6 Å². The Hall–Kier alpha value is -1.47. The van der Waals surface area contributed by atoms with Crippen molar-refractivity contribution in [1.29, 1.82) is 0 Å². The van der Waals surface area contributed by atoms with Gasteiger partial charge in [0, 0.05) is 0 Å². The van der Waals surface area contributed by atoms with Gasteiger partial charge in [0.15, 0.2) is 0 Å². The molecule has 128 valence electrons.